The number of nitrogens with one attached hydrogen (secondary N) is 1. The second-order valence-corrected chi connectivity index (χ2v) is 13.4. The molecule has 1 fully saturated rings. The van der Waals surface area contributed by atoms with Crippen LogP contribution in [0.1, 0.15) is 49.0 Å². The molecule has 0 saturated carbocycles. The van der Waals surface area contributed by atoms with Crippen molar-refractivity contribution < 1.29 is 39.6 Å². The Hall–Kier alpha value is -3.94. The van der Waals surface area contributed by atoms with Crippen LogP contribution in [0.25, 0.3) is 0 Å². The first-order valence-electron chi connectivity index (χ1n) is 15.3. The smallest absolute Gasteiger partial charge is 0.255 e. The van der Waals surface area contributed by atoms with Crippen LogP contribution in [-0.2, 0) is 20.8 Å². The summed E-state index contributed by atoms with van der Waals surface area (Å²) in [5, 5.41) is 48.6. The van der Waals surface area contributed by atoms with Crippen molar-refractivity contribution in [2.75, 3.05) is 51.5 Å². The number of ketones is 2. The van der Waals surface area contributed by atoms with Gasteiger partial charge in [-0.05, 0) is 84.3 Å². The van der Waals surface area contributed by atoms with Crippen LogP contribution < -0.4 is 16.0 Å². The van der Waals surface area contributed by atoms with E-state index in [1.54, 1.807) is 39.2 Å². The van der Waals surface area contributed by atoms with E-state index in [0.717, 1.165) is 13.1 Å². The van der Waals surface area contributed by atoms with Crippen LogP contribution in [0.15, 0.2) is 28.7 Å². The Kier molecular flexibility index (Phi) is 8.26. The van der Waals surface area contributed by atoms with Gasteiger partial charge in [0, 0.05) is 43.2 Å². The summed E-state index contributed by atoms with van der Waals surface area (Å²) in [6, 6.07) is 0.926. The fourth-order valence-corrected chi connectivity index (χ4v) is 7.71. The molecule has 0 radical (unpaired) electrons. The number of piperidine rings is 1. The largest absolute Gasteiger partial charge is 0.510 e. The number of nitrogens with two attached hydrogens (primary N) is 1. The highest BCUT2D eigenvalue weighted by Gasteiger charge is 2.63. The molecule has 13 heteroatoms. The number of rotatable bonds is 6. The summed E-state index contributed by atoms with van der Waals surface area (Å²) in [5.74, 6) is -7.75. The minimum Gasteiger partial charge on any atom is -0.510 e. The van der Waals surface area contributed by atoms with E-state index in [1.807, 2.05) is 0 Å². The predicted octanol–water partition coefficient (Wildman–Crippen LogP) is 1.25. The third-order valence-electron chi connectivity index (χ3n) is 10.1. The zero-order chi connectivity index (χ0) is 33.3. The quantitative estimate of drug-likeness (QED) is 0.197. The molecule has 1 aromatic carbocycles. The number of likely N-dealkylation sites (N-methyl/N-ethyl adjacent to an activating group) is 1. The summed E-state index contributed by atoms with van der Waals surface area (Å²) in [5.41, 5.74) is 2.53. The van der Waals surface area contributed by atoms with Crippen LogP contribution in [0.2, 0.25) is 0 Å². The fourth-order valence-electron chi connectivity index (χ4n) is 7.71. The summed E-state index contributed by atoms with van der Waals surface area (Å²) in [7, 11) is 6.70. The van der Waals surface area contributed by atoms with Crippen LogP contribution in [0.4, 0.5) is 11.4 Å². The molecule has 1 aromatic rings. The van der Waals surface area contributed by atoms with E-state index < -0.39 is 63.8 Å². The minimum atomic E-state index is -2.72. The third kappa shape index (κ3) is 4.97. The third-order valence-corrected chi connectivity index (χ3v) is 10.1. The van der Waals surface area contributed by atoms with Crippen molar-refractivity contribution in [2.24, 2.45) is 23.5 Å². The maximum Gasteiger partial charge on any atom is 0.255 e. The summed E-state index contributed by atoms with van der Waals surface area (Å²) in [4.78, 5) is 58.9. The lowest BCUT2D eigenvalue weighted by Crippen LogP contribution is -2.63. The van der Waals surface area contributed by atoms with E-state index in [-0.39, 0.29) is 41.5 Å². The molecule has 244 valence electrons. The van der Waals surface area contributed by atoms with Crippen LogP contribution in [-0.4, -0.2) is 113 Å². The molecule has 3 aliphatic carbocycles. The molecule has 45 heavy (non-hydrogen) atoms. The highest BCUT2D eigenvalue weighted by atomic mass is 16.3. The number of allylic oxidation sites excluding steroid dienone is 1. The lowest BCUT2D eigenvalue weighted by molar-refractivity contribution is -0.148. The summed E-state index contributed by atoms with van der Waals surface area (Å²) >= 11 is 0. The van der Waals surface area contributed by atoms with Gasteiger partial charge in [0.25, 0.3) is 5.91 Å². The Morgan fingerprint density at radius 1 is 1.09 bits per heavy atom. The SMILES string of the molecule is CC(C)N1CCC(C(=O)Nc2cc(N(C)C)c3c(c2O)C(=O)C2=C(O)[C@]4(O)C(=O)C(C(N)=O)=C(O)[C@@H](N(C)C)[C@@H]4CC2C3)CC1. The molecule has 5 rings (SSSR count). The van der Waals surface area contributed by atoms with Crippen molar-refractivity contribution in [3.8, 4) is 5.75 Å². The van der Waals surface area contributed by atoms with E-state index >= 15 is 0 Å². The Balaban J connectivity index is 1.58. The number of likely N-dealkylation sites (tertiary alicyclic amines) is 1. The number of aliphatic hydroxyl groups excluding tert-OH is 2. The Bertz CT molecular complexity index is 1540. The predicted molar refractivity (Wildman–Crippen MR) is 166 cm³/mol. The first kappa shape index (κ1) is 32.5. The van der Waals surface area contributed by atoms with Gasteiger partial charge in [-0.1, -0.05) is 0 Å². The normalized spacial score (nSPS) is 27.4. The van der Waals surface area contributed by atoms with Gasteiger partial charge in [-0.2, -0.15) is 0 Å². The number of nitrogens with zero attached hydrogens (tertiary/aromatic N) is 3. The number of phenolic OH excluding ortho intramolecular Hbond substituents is 1. The van der Waals surface area contributed by atoms with Crippen molar-refractivity contribution in [2.45, 2.75) is 57.2 Å². The molecule has 7 N–H and O–H groups in total. The first-order chi connectivity index (χ1) is 21.0. The molecule has 1 saturated heterocycles. The van der Waals surface area contributed by atoms with Gasteiger partial charge in [0.05, 0.1) is 17.3 Å². The molecule has 0 spiro atoms. The number of anilines is 2. The second kappa shape index (κ2) is 11.5. The van der Waals surface area contributed by atoms with Gasteiger partial charge in [0.2, 0.25) is 11.7 Å². The molecular weight excluding hydrogens is 582 g/mol. The second-order valence-electron chi connectivity index (χ2n) is 13.4. The minimum absolute atomic E-state index is 0.00699. The number of fused-ring (bicyclic) bond motifs is 3. The van der Waals surface area contributed by atoms with E-state index in [1.165, 1.54) is 4.90 Å². The number of hydrogen-bond donors (Lipinski definition) is 6. The summed E-state index contributed by atoms with van der Waals surface area (Å²) in [6.45, 7) is 5.75. The number of benzene rings is 1. The van der Waals surface area contributed by atoms with Crippen molar-refractivity contribution in [3.63, 3.8) is 0 Å². The van der Waals surface area contributed by atoms with E-state index in [4.69, 9.17) is 5.73 Å². The Morgan fingerprint density at radius 3 is 2.24 bits per heavy atom. The number of carbonyl (C=O) groups excluding carboxylic acids is 4. The maximum atomic E-state index is 14.2. The number of aliphatic hydroxyl groups is 3. The number of carbonyl (C=O) groups is 4. The number of Topliss-reactive ketones (excluding diaryl/α,β-unsaturated/α-hetero) is 2. The fraction of sp³-hybridized carbons (Fsp3) is 0.562. The molecule has 1 aliphatic heterocycles. The van der Waals surface area contributed by atoms with Crippen molar-refractivity contribution in [3.05, 3.63) is 39.9 Å². The van der Waals surface area contributed by atoms with Crippen LogP contribution in [0, 0.1) is 17.8 Å². The highest BCUT2D eigenvalue weighted by Crippen LogP contribution is 2.54. The molecule has 0 bridgehead atoms. The maximum absolute atomic E-state index is 14.2. The molecular formula is C32H43N5O8. The van der Waals surface area contributed by atoms with Gasteiger partial charge in [0.1, 0.15) is 17.1 Å². The number of primary amides is 1. The topological polar surface area (TPSA) is 197 Å². The average molecular weight is 626 g/mol. The molecule has 13 nitrogen and oxygen atoms in total. The molecule has 4 atom stereocenters. The van der Waals surface area contributed by atoms with Crippen molar-refractivity contribution in [1.29, 1.82) is 0 Å². The Morgan fingerprint density at radius 2 is 1.71 bits per heavy atom. The van der Waals surface area contributed by atoms with Crippen LogP contribution in [0.3, 0.4) is 0 Å². The number of aromatic hydroxyl groups is 1. The lowest BCUT2D eigenvalue weighted by atomic mass is 9.58. The van der Waals surface area contributed by atoms with Crippen LogP contribution >= 0.6 is 0 Å². The van der Waals surface area contributed by atoms with Gasteiger partial charge in [-0.15, -0.1) is 0 Å². The van der Waals surface area contributed by atoms with Gasteiger partial charge in [0.15, 0.2) is 17.1 Å². The number of hydrogen-bond acceptors (Lipinski definition) is 11. The molecule has 1 heterocycles. The average Bonchev–Trinajstić information content (AvgIpc) is 2.95. The van der Waals surface area contributed by atoms with Gasteiger partial charge in [-0.3, -0.25) is 24.1 Å². The summed E-state index contributed by atoms with van der Waals surface area (Å²) < 4.78 is 0. The number of phenols is 1. The monoisotopic (exact) mass is 625 g/mol. The van der Waals surface area contributed by atoms with E-state index in [2.05, 4.69) is 24.1 Å². The molecule has 0 aromatic heterocycles. The number of amides is 2. The first-order valence-corrected chi connectivity index (χ1v) is 15.3. The van der Waals surface area contributed by atoms with E-state index in [0.29, 0.717) is 30.1 Å². The standard InChI is InChI=1S/C32H43N5O8/c1-14(2)37-9-7-15(8-10-37)31(44)34-19-13-20(35(3)4)17-11-16-12-18-24(36(5)6)27(40)23(30(33)43)29(42)32(18,45)28(41)21(16)26(39)22(17)25(19)38/h13-16,18,24,38,40-41,45H,7-12H2,1-6H3,(H2,33,43)(H,34,44)/t16?,18-,24-,32-/m0/s1. The highest BCUT2D eigenvalue weighted by molar-refractivity contribution is 6.25. The van der Waals surface area contributed by atoms with E-state index in [9.17, 15) is 39.6 Å². The zero-order valence-electron chi connectivity index (χ0n) is 26.5. The van der Waals surface area contributed by atoms with Crippen molar-refractivity contribution >= 4 is 34.8 Å². The zero-order valence-corrected chi connectivity index (χ0v) is 26.5. The van der Waals surface area contributed by atoms with Gasteiger partial charge < -0.3 is 41.3 Å². The summed E-state index contributed by atoms with van der Waals surface area (Å²) in [6.07, 6.45) is 1.44. The van der Waals surface area contributed by atoms with Crippen molar-refractivity contribution in [1.82, 2.24) is 9.80 Å². The lowest BCUT2D eigenvalue weighted by Gasteiger charge is -2.50. The molecule has 2 amide bonds. The molecule has 4 aliphatic rings. The van der Waals surface area contributed by atoms with Crippen LogP contribution in [0.5, 0.6) is 5.75 Å². The molecule has 1 unspecified atom stereocenters. The Labute approximate surface area is 262 Å². The van der Waals surface area contributed by atoms with Gasteiger partial charge >= 0.3 is 0 Å². The van der Waals surface area contributed by atoms with Gasteiger partial charge in [-0.25, -0.2) is 0 Å².